The number of thiazole rings is 1. The fourth-order valence-corrected chi connectivity index (χ4v) is 4.82. The largest absolute Gasteiger partial charge is 0.493 e. The van der Waals surface area contributed by atoms with Crippen molar-refractivity contribution in [1.82, 2.24) is 10.3 Å². The van der Waals surface area contributed by atoms with Crippen LogP contribution in [0.1, 0.15) is 18.2 Å². The Bertz CT molecular complexity index is 1070. The van der Waals surface area contributed by atoms with E-state index in [1.165, 1.54) is 22.6 Å². The number of rotatable bonds is 8. The molecule has 1 amide bonds. The van der Waals surface area contributed by atoms with E-state index in [1.807, 2.05) is 23.6 Å². The van der Waals surface area contributed by atoms with Gasteiger partial charge in [0.2, 0.25) is 5.91 Å². The maximum atomic E-state index is 12.4. The number of carbonyl (C=O) groups is 1. The molecule has 4 rings (SSSR count). The van der Waals surface area contributed by atoms with Gasteiger partial charge in [0.1, 0.15) is 5.01 Å². The normalized spacial score (nSPS) is 14.9. The van der Waals surface area contributed by atoms with Crippen molar-refractivity contribution in [3.05, 3.63) is 59.1 Å². The molecule has 1 unspecified atom stereocenters. The van der Waals surface area contributed by atoms with Gasteiger partial charge >= 0.3 is 0 Å². The van der Waals surface area contributed by atoms with Crippen molar-refractivity contribution < 1.29 is 14.3 Å². The Hall–Kier alpha value is -3.06. The monoisotopic (exact) mass is 437 g/mol. The van der Waals surface area contributed by atoms with Gasteiger partial charge in [-0.25, -0.2) is 4.98 Å². The number of ether oxygens (including phenoxy) is 2. The minimum Gasteiger partial charge on any atom is -0.493 e. The Balaban J connectivity index is 1.32. The number of aromatic nitrogens is 1. The van der Waals surface area contributed by atoms with E-state index >= 15 is 0 Å². The second-order valence-electron chi connectivity index (χ2n) is 7.62. The lowest BCUT2D eigenvalue weighted by atomic mass is 10.1. The Morgan fingerprint density at radius 1 is 1.19 bits per heavy atom. The van der Waals surface area contributed by atoms with Crippen molar-refractivity contribution in [2.45, 2.75) is 25.8 Å². The molecule has 31 heavy (non-hydrogen) atoms. The van der Waals surface area contributed by atoms with E-state index in [-0.39, 0.29) is 12.3 Å². The van der Waals surface area contributed by atoms with Crippen LogP contribution in [0.4, 0.5) is 5.69 Å². The molecule has 0 saturated carbocycles. The Labute approximate surface area is 186 Å². The minimum atomic E-state index is -0.00991. The Morgan fingerprint density at radius 3 is 2.81 bits per heavy atom. The zero-order chi connectivity index (χ0) is 21.8. The molecule has 1 atom stereocenters. The first kappa shape index (κ1) is 21.2. The molecular formula is C24H27N3O3S. The SMILES string of the molecule is COc1ccc(-c2nc(CC(=O)NCCN3c4ccccc4CC3C)cs2)cc1OC. The first-order valence-corrected chi connectivity index (χ1v) is 11.2. The van der Waals surface area contributed by atoms with Gasteiger partial charge in [0.05, 0.1) is 26.3 Å². The number of nitrogens with one attached hydrogen (secondary N) is 1. The number of methoxy groups -OCH3 is 2. The van der Waals surface area contributed by atoms with Crippen LogP contribution in [-0.4, -0.2) is 44.2 Å². The van der Waals surface area contributed by atoms with Crippen LogP contribution in [0.3, 0.4) is 0 Å². The molecule has 0 fully saturated rings. The number of amides is 1. The molecule has 2 aromatic carbocycles. The average Bonchev–Trinajstić information content (AvgIpc) is 3.37. The van der Waals surface area contributed by atoms with Crippen molar-refractivity contribution >= 4 is 22.9 Å². The topological polar surface area (TPSA) is 63.7 Å². The second-order valence-corrected chi connectivity index (χ2v) is 8.47. The van der Waals surface area contributed by atoms with Gasteiger partial charge in [0, 0.05) is 35.8 Å². The predicted molar refractivity (Wildman–Crippen MR) is 124 cm³/mol. The van der Waals surface area contributed by atoms with Gasteiger partial charge in [0.15, 0.2) is 11.5 Å². The molecule has 3 aromatic rings. The van der Waals surface area contributed by atoms with Crippen LogP contribution in [0.2, 0.25) is 0 Å². The molecule has 6 nitrogen and oxygen atoms in total. The molecule has 0 bridgehead atoms. The van der Waals surface area contributed by atoms with Gasteiger partial charge in [0.25, 0.3) is 0 Å². The fraction of sp³-hybridized carbons (Fsp3) is 0.333. The van der Waals surface area contributed by atoms with Gasteiger partial charge in [-0.3, -0.25) is 4.79 Å². The van der Waals surface area contributed by atoms with Gasteiger partial charge < -0.3 is 19.7 Å². The van der Waals surface area contributed by atoms with Crippen LogP contribution < -0.4 is 19.7 Å². The highest BCUT2D eigenvalue weighted by atomic mass is 32.1. The molecule has 0 saturated heterocycles. The van der Waals surface area contributed by atoms with Crippen LogP contribution in [0.25, 0.3) is 10.6 Å². The van der Waals surface area contributed by atoms with Crippen molar-refractivity contribution in [2.24, 2.45) is 0 Å². The van der Waals surface area contributed by atoms with Gasteiger partial charge in [-0.05, 0) is 43.2 Å². The minimum absolute atomic E-state index is 0.00991. The van der Waals surface area contributed by atoms with E-state index in [4.69, 9.17) is 9.47 Å². The molecule has 1 aliphatic heterocycles. The third-order valence-electron chi connectivity index (χ3n) is 5.55. The van der Waals surface area contributed by atoms with Crippen LogP contribution >= 0.6 is 11.3 Å². The maximum absolute atomic E-state index is 12.4. The zero-order valence-corrected chi connectivity index (χ0v) is 18.9. The fourth-order valence-electron chi connectivity index (χ4n) is 4.00. The van der Waals surface area contributed by atoms with E-state index in [2.05, 4.69) is 46.4 Å². The quantitative estimate of drug-likeness (QED) is 0.578. The van der Waals surface area contributed by atoms with Crippen LogP contribution in [0.15, 0.2) is 47.8 Å². The van der Waals surface area contributed by atoms with Crippen molar-refractivity contribution in [3.8, 4) is 22.1 Å². The summed E-state index contributed by atoms with van der Waals surface area (Å²) >= 11 is 1.52. The smallest absolute Gasteiger partial charge is 0.226 e. The molecular weight excluding hydrogens is 410 g/mol. The predicted octanol–water partition coefficient (Wildman–Crippen LogP) is 3.94. The number of carbonyl (C=O) groups excluding carboxylic acids is 1. The highest BCUT2D eigenvalue weighted by Gasteiger charge is 2.24. The number of anilines is 1. The summed E-state index contributed by atoms with van der Waals surface area (Å²) in [7, 11) is 3.22. The summed E-state index contributed by atoms with van der Waals surface area (Å²) in [5.74, 6) is 1.33. The maximum Gasteiger partial charge on any atom is 0.226 e. The summed E-state index contributed by atoms with van der Waals surface area (Å²) < 4.78 is 10.7. The van der Waals surface area contributed by atoms with Crippen molar-refractivity contribution in [3.63, 3.8) is 0 Å². The molecule has 0 radical (unpaired) electrons. The highest BCUT2D eigenvalue weighted by Crippen LogP contribution is 2.34. The summed E-state index contributed by atoms with van der Waals surface area (Å²) in [5, 5.41) is 5.83. The Morgan fingerprint density at radius 2 is 2.00 bits per heavy atom. The number of fused-ring (bicyclic) bond motifs is 1. The summed E-state index contributed by atoms with van der Waals surface area (Å²) in [6.07, 6.45) is 1.33. The van der Waals surface area contributed by atoms with Crippen LogP contribution in [0.5, 0.6) is 11.5 Å². The summed E-state index contributed by atoms with van der Waals surface area (Å²) in [6.45, 7) is 3.65. The molecule has 162 valence electrons. The van der Waals surface area contributed by atoms with Crippen LogP contribution in [-0.2, 0) is 17.6 Å². The zero-order valence-electron chi connectivity index (χ0n) is 18.1. The third-order valence-corrected chi connectivity index (χ3v) is 6.49. The van der Waals surface area contributed by atoms with Gasteiger partial charge in [-0.15, -0.1) is 11.3 Å². The van der Waals surface area contributed by atoms with Crippen molar-refractivity contribution in [2.75, 3.05) is 32.2 Å². The van der Waals surface area contributed by atoms with E-state index in [1.54, 1.807) is 14.2 Å². The standard InChI is InChI=1S/C24H27N3O3S/c1-16-12-17-6-4-5-7-20(17)27(16)11-10-25-23(28)14-19-15-31-24(26-19)18-8-9-21(29-2)22(13-18)30-3/h4-9,13,15-16H,10-12,14H2,1-3H3,(H,25,28). The summed E-state index contributed by atoms with van der Waals surface area (Å²) in [6, 6.07) is 14.7. The number of benzene rings is 2. The lowest BCUT2D eigenvalue weighted by molar-refractivity contribution is -0.120. The lowest BCUT2D eigenvalue weighted by Crippen LogP contribution is -2.38. The first-order chi connectivity index (χ1) is 15.1. The number of nitrogens with zero attached hydrogens (tertiary/aromatic N) is 2. The summed E-state index contributed by atoms with van der Waals surface area (Å²) in [4.78, 5) is 19.4. The molecule has 1 aromatic heterocycles. The Kier molecular flexibility index (Phi) is 6.42. The van der Waals surface area contributed by atoms with Gasteiger partial charge in [-0.1, -0.05) is 18.2 Å². The number of hydrogen-bond acceptors (Lipinski definition) is 6. The third kappa shape index (κ3) is 4.66. The summed E-state index contributed by atoms with van der Waals surface area (Å²) in [5.41, 5.74) is 4.37. The second kappa shape index (κ2) is 9.39. The molecule has 1 aliphatic rings. The number of para-hydroxylation sites is 1. The molecule has 0 spiro atoms. The van der Waals surface area contributed by atoms with E-state index in [9.17, 15) is 4.79 Å². The van der Waals surface area contributed by atoms with Crippen LogP contribution in [0, 0.1) is 0 Å². The molecule has 7 heteroatoms. The van der Waals surface area contributed by atoms with Crippen molar-refractivity contribution in [1.29, 1.82) is 0 Å². The molecule has 1 N–H and O–H groups in total. The average molecular weight is 438 g/mol. The number of hydrogen-bond donors (Lipinski definition) is 1. The molecule has 2 heterocycles. The van der Waals surface area contributed by atoms with E-state index in [0.29, 0.717) is 24.1 Å². The first-order valence-electron chi connectivity index (χ1n) is 10.4. The van der Waals surface area contributed by atoms with E-state index < -0.39 is 0 Å². The van der Waals surface area contributed by atoms with Gasteiger partial charge in [-0.2, -0.15) is 0 Å². The molecule has 0 aliphatic carbocycles. The van der Waals surface area contributed by atoms with E-state index in [0.717, 1.165) is 29.2 Å². The highest BCUT2D eigenvalue weighted by molar-refractivity contribution is 7.13. The lowest BCUT2D eigenvalue weighted by Gasteiger charge is -2.25.